The van der Waals surface area contributed by atoms with E-state index in [1.54, 1.807) is 7.11 Å². The second kappa shape index (κ2) is 5.99. The largest absolute Gasteiger partial charge is 0.383 e. The van der Waals surface area contributed by atoms with E-state index in [4.69, 9.17) is 4.74 Å². The zero-order valence-corrected chi connectivity index (χ0v) is 11.5. The van der Waals surface area contributed by atoms with E-state index in [0.717, 1.165) is 19.7 Å². The van der Waals surface area contributed by atoms with E-state index in [-0.39, 0.29) is 5.54 Å². The summed E-state index contributed by atoms with van der Waals surface area (Å²) < 4.78 is 5.33. The van der Waals surface area contributed by atoms with Crippen molar-refractivity contribution >= 4 is 0 Å². The van der Waals surface area contributed by atoms with E-state index >= 15 is 0 Å². The van der Waals surface area contributed by atoms with E-state index in [0.29, 0.717) is 12.1 Å². The van der Waals surface area contributed by atoms with Crippen LogP contribution >= 0.6 is 0 Å². The summed E-state index contributed by atoms with van der Waals surface area (Å²) >= 11 is 0. The van der Waals surface area contributed by atoms with Crippen LogP contribution in [0.5, 0.6) is 0 Å². The number of hydrogen-bond acceptors (Lipinski definition) is 3. The van der Waals surface area contributed by atoms with Crippen LogP contribution in [0.25, 0.3) is 0 Å². The maximum atomic E-state index is 5.33. The standard InChI is InChI=1S/C13H28N2O/c1-11-6-8-15(9-7-12(2)14-11)13(3,4)10-16-5/h11-12,14H,6-10H2,1-5H3. The van der Waals surface area contributed by atoms with Gasteiger partial charge in [0.25, 0.3) is 0 Å². The highest BCUT2D eigenvalue weighted by molar-refractivity contribution is 4.85. The topological polar surface area (TPSA) is 24.5 Å². The summed E-state index contributed by atoms with van der Waals surface area (Å²) in [4.78, 5) is 2.57. The Bertz CT molecular complexity index is 194. The molecule has 0 saturated carbocycles. The van der Waals surface area contributed by atoms with E-state index in [1.165, 1.54) is 12.8 Å². The van der Waals surface area contributed by atoms with Crippen molar-refractivity contribution in [2.45, 2.75) is 58.2 Å². The molecule has 0 amide bonds. The molecule has 1 heterocycles. The highest BCUT2D eigenvalue weighted by Gasteiger charge is 2.28. The smallest absolute Gasteiger partial charge is 0.0641 e. The molecule has 16 heavy (non-hydrogen) atoms. The van der Waals surface area contributed by atoms with Gasteiger partial charge in [-0.3, -0.25) is 4.90 Å². The first-order valence-corrected chi connectivity index (χ1v) is 6.46. The van der Waals surface area contributed by atoms with Gasteiger partial charge in [0, 0.05) is 37.8 Å². The third-order valence-corrected chi connectivity index (χ3v) is 3.59. The minimum atomic E-state index is 0.158. The van der Waals surface area contributed by atoms with Crippen LogP contribution in [0.15, 0.2) is 0 Å². The first-order valence-electron chi connectivity index (χ1n) is 6.46. The third kappa shape index (κ3) is 4.04. The SMILES string of the molecule is COCC(C)(C)N1CCC(C)NC(C)CC1. The molecule has 0 aromatic rings. The number of nitrogens with zero attached hydrogens (tertiary/aromatic N) is 1. The van der Waals surface area contributed by atoms with Gasteiger partial charge in [0.15, 0.2) is 0 Å². The molecule has 1 aliphatic rings. The normalized spacial score (nSPS) is 29.8. The van der Waals surface area contributed by atoms with Crippen molar-refractivity contribution < 1.29 is 4.74 Å². The van der Waals surface area contributed by atoms with Gasteiger partial charge in [-0.2, -0.15) is 0 Å². The minimum absolute atomic E-state index is 0.158. The van der Waals surface area contributed by atoms with Crippen molar-refractivity contribution in [1.29, 1.82) is 0 Å². The molecule has 0 radical (unpaired) electrons. The van der Waals surface area contributed by atoms with E-state index in [9.17, 15) is 0 Å². The lowest BCUT2D eigenvalue weighted by Gasteiger charge is -2.41. The van der Waals surface area contributed by atoms with Crippen LogP contribution in [0, 0.1) is 0 Å². The fourth-order valence-electron chi connectivity index (χ4n) is 2.51. The molecule has 0 aromatic heterocycles. The van der Waals surface area contributed by atoms with Gasteiger partial charge in [-0.05, 0) is 40.5 Å². The summed E-state index contributed by atoms with van der Waals surface area (Å²) in [6.07, 6.45) is 2.44. The fraction of sp³-hybridized carbons (Fsp3) is 1.00. The number of rotatable bonds is 3. The maximum Gasteiger partial charge on any atom is 0.0641 e. The number of methoxy groups -OCH3 is 1. The molecule has 2 atom stereocenters. The Kier molecular flexibility index (Phi) is 5.22. The van der Waals surface area contributed by atoms with Crippen LogP contribution < -0.4 is 5.32 Å². The van der Waals surface area contributed by atoms with Crippen LogP contribution in [0.2, 0.25) is 0 Å². The molecule has 1 saturated heterocycles. The molecule has 1 aliphatic heterocycles. The quantitative estimate of drug-likeness (QED) is 0.798. The Morgan fingerprint density at radius 1 is 1.19 bits per heavy atom. The monoisotopic (exact) mass is 228 g/mol. The molecular formula is C13H28N2O. The van der Waals surface area contributed by atoms with Crippen LogP contribution in [0.3, 0.4) is 0 Å². The van der Waals surface area contributed by atoms with Crippen molar-refractivity contribution in [3.63, 3.8) is 0 Å². The minimum Gasteiger partial charge on any atom is -0.383 e. The summed E-state index contributed by atoms with van der Waals surface area (Å²) in [5, 5.41) is 3.63. The molecule has 1 rings (SSSR count). The van der Waals surface area contributed by atoms with Gasteiger partial charge >= 0.3 is 0 Å². The molecular weight excluding hydrogens is 200 g/mol. The van der Waals surface area contributed by atoms with Crippen LogP contribution in [0.1, 0.15) is 40.5 Å². The average Bonchev–Trinajstić information content (AvgIpc) is 2.14. The molecule has 96 valence electrons. The fourth-order valence-corrected chi connectivity index (χ4v) is 2.51. The molecule has 0 bridgehead atoms. The van der Waals surface area contributed by atoms with Gasteiger partial charge in [0.05, 0.1) is 6.61 Å². The molecule has 1 N–H and O–H groups in total. The van der Waals surface area contributed by atoms with Gasteiger partial charge in [-0.25, -0.2) is 0 Å². The maximum absolute atomic E-state index is 5.33. The van der Waals surface area contributed by atoms with Crippen molar-refractivity contribution in [3.05, 3.63) is 0 Å². The molecule has 3 nitrogen and oxygen atoms in total. The van der Waals surface area contributed by atoms with E-state index < -0.39 is 0 Å². The number of ether oxygens (including phenoxy) is 1. The Labute approximate surface area is 101 Å². The van der Waals surface area contributed by atoms with Crippen LogP contribution in [-0.4, -0.2) is 49.3 Å². The predicted octanol–water partition coefficient (Wildman–Crippen LogP) is 1.87. The Hall–Kier alpha value is -0.120. The molecule has 3 heteroatoms. The third-order valence-electron chi connectivity index (χ3n) is 3.59. The van der Waals surface area contributed by atoms with Gasteiger partial charge in [0.2, 0.25) is 0 Å². The van der Waals surface area contributed by atoms with Gasteiger partial charge in [0.1, 0.15) is 0 Å². The summed E-state index contributed by atoms with van der Waals surface area (Å²) in [5.41, 5.74) is 0.158. The van der Waals surface area contributed by atoms with Crippen molar-refractivity contribution in [2.24, 2.45) is 0 Å². The lowest BCUT2D eigenvalue weighted by atomic mass is 10.00. The van der Waals surface area contributed by atoms with Crippen LogP contribution in [-0.2, 0) is 4.74 Å². The zero-order chi connectivity index (χ0) is 12.2. The zero-order valence-electron chi connectivity index (χ0n) is 11.5. The molecule has 1 fully saturated rings. The average molecular weight is 228 g/mol. The van der Waals surface area contributed by atoms with E-state index in [2.05, 4.69) is 37.9 Å². The first kappa shape index (κ1) is 13.9. The Balaban J connectivity index is 2.58. The van der Waals surface area contributed by atoms with Gasteiger partial charge in [-0.1, -0.05) is 0 Å². The molecule has 2 unspecified atom stereocenters. The summed E-state index contributed by atoms with van der Waals surface area (Å²) in [7, 11) is 1.79. The predicted molar refractivity (Wildman–Crippen MR) is 68.8 cm³/mol. The molecule has 0 aromatic carbocycles. The van der Waals surface area contributed by atoms with Crippen molar-refractivity contribution in [1.82, 2.24) is 10.2 Å². The summed E-state index contributed by atoms with van der Waals surface area (Å²) in [6.45, 7) is 12.3. The van der Waals surface area contributed by atoms with Crippen molar-refractivity contribution in [2.75, 3.05) is 26.8 Å². The van der Waals surface area contributed by atoms with Gasteiger partial charge < -0.3 is 10.1 Å². The highest BCUT2D eigenvalue weighted by atomic mass is 16.5. The van der Waals surface area contributed by atoms with Gasteiger partial charge in [-0.15, -0.1) is 0 Å². The van der Waals surface area contributed by atoms with E-state index in [1.807, 2.05) is 0 Å². The number of nitrogens with one attached hydrogen (secondary N) is 1. The summed E-state index contributed by atoms with van der Waals surface area (Å²) in [6, 6.07) is 1.24. The Morgan fingerprint density at radius 3 is 2.12 bits per heavy atom. The second-order valence-corrected chi connectivity index (χ2v) is 5.78. The first-order chi connectivity index (χ1) is 7.45. The van der Waals surface area contributed by atoms with Crippen LogP contribution in [0.4, 0.5) is 0 Å². The lowest BCUT2D eigenvalue weighted by molar-refractivity contribution is 0.0249. The second-order valence-electron chi connectivity index (χ2n) is 5.78. The lowest BCUT2D eigenvalue weighted by Crippen LogP contribution is -2.52. The Morgan fingerprint density at radius 2 is 1.69 bits per heavy atom. The number of hydrogen-bond donors (Lipinski definition) is 1. The molecule has 0 aliphatic carbocycles. The van der Waals surface area contributed by atoms with Crippen molar-refractivity contribution in [3.8, 4) is 0 Å². The highest BCUT2D eigenvalue weighted by Crippen LogP contribution is 2.18. The summed E-state index contributed by atoms with van der Waals surface area (Å²) in [5.74, 6) is 0. The molecule has 0 spiro atoms.